The van der Waals surface area contributed by atoms with E-state index in [0.717, 1.165) is 17.3 Å². The average molecular weight is 291 g/mol. The van der Waals surface area contributed by atoms with E-state index in [1.807, 2.05) is 6.92 Å². The number of hydrogen-bond acceptors (Lipinski definition) is 6. The number of nitro groups is 1. The van der Waals surface area contributed by atoms with Crippen molar-refractivity contribution in [2.24, 2.45) is 0 Å². The Balaban J connectivity index is 2.34. The van der Waals surface area contributed by atoms with Crippen LogP contribution in [-0.2, 0) is 0 Å². The molecule has 1 aromatic heterocycles. The van der Waals surface area contributed by atoms with E-state index in [1.54, 1.807) is 12.4 Å². The topological polar surface area (TPSA) is 106 Å². The largest absolute Gasteiger partial charge is 0.477 e. The molecule has 1 heterocycles. The average Bonchev–Trinajstić information content (AvgIpc) is 2.41. The van der Waals surface area contributed by atoms with E-state index in [1.165, 1.54) is 18.2 Å². The molecule has 102 valence electrons. The van der Waals surface area contributed by atoms with Crippen molar-refractivity contribution in [2.45, 2.75) is 17.0 Å². The van der Waals surface area contributed by atoms with Crippen LogP contribution in [0.2, 0.25) is 0 Å². The lowest BCUT2D eigenvalue weighted by Crippen LogP contribution is -2.02. The van der Waals surface area contributed by atoms with Crippen LogP contribution in [0.4, 0.5) is 5.69 Å². The number of nitrogens with zero attached hydrogens (tertiary/aromatic N) is 3. The molecule has 0 saturated heterocycles. The van der Waals surface area contributed by atoms with Crippen LogP contribution in [0.1, 0.15) is 15.9 Å². The molecular weight excluding hydrogens is 282 g/mol. The van der Waals surface area contributed by atoms with Crippen molar-refractivity contribution in [1.29, 1.82) is 0 Å². The Hall–Kier alpha value is -2.48. The zero-order chi connectivity index (χ0) is 14.7. The summed E-state index contributed by atoms with van der Waals surface area (Å²) in [5, 5.41) is 20.2. The van der Waals surface area contributed by atoms with Crippen LogP contribution >= 0.6 is 11.8 Å². The number of benzene rings is 1. The second-order valence-electron chi connectivity index (χ2n) is 3.89. The van der Waals surface area contributed by atoms with Crippen LogP contribution in [0.15, 0.2) is 40.6 Å². The number of aromatic carboxylic acids is 1. The standard InChI is InChI=1S/C12H9N3O4S/c1-7-5-13-12(14-6-7)20-8-2-3-9(11(16)17)10(4-8)15(18)19/h2-6H,1H3,(H,16,17). The van der Waals surface area contributed by atoms with Crippen LogP contribution in [0.5, 0.6) is 0 Å². The van der Waals surface area contributed by atoms with Gasteiger partial charge in [0.15, 0.2) is 5.16 Å². The molecule has 0 radical (unpaired) electrons. The van der Waals surface area contributed by atoms with Crippen LogP contribution in [0.25, 0.3) is 0 Å². The number of hydrogen-bond donors (Lipinski definition) is 1. The van der Waals surface area contributed by atoms with Gasteiger partial charge in [0, 0.05) is 23.4 Å². The fourth-order valence-electron chi connectivity index (χ4n) is 1.45. The van der Waals surface area contributed by atoms with Gasteiger partial charge >= 0.3 is 5.97 Å². The highest BCUT2D eigenvalue weighted by Gasteiger charge is 2.20. The van der Waals surface area contributed by atoms with E-state index < -0.39 is 16.6 Å². The van der Waals surface area contributed by atoms with Crippen molar-refractivity contribution in [2.75, 3.05) is 0 Å². The van der Waals surface area contributed by atoms with Gasteiger partial charge in [-0.05, 0) is 36.4 Å². The summed E-state index contributed by atoms with van der Waals surface area (Å²) in [6, 6.07) is 3.90. The smallest absolute Gasteiger partial charge is 0.342 e. The lowest BCUT2D eigenvalue weighted by Gasteiger charge is -2.02. The van der Waals surface area contributed by atoms with Crippen LogP contribution < -0.4 is 0 Å². The molecule has 0 atom stereocenters. The van der Waals surface area contributed by atoms with Gasteiger partial charge in [-0.1, -0.05) is 0 Å². The number of carboxylic acids is 1. The number of nitro benzene ring substituents is 1. The van der Waals surface area contributed by atoms with Gasteiger partial charge < -0.3 is 5.11 Å². The first-order valence-corrected chi connectivity index (χ1v) is 6.27. The Bertz CT molecular complexity index is 673. The Morgan fingerprint density at radius 1 is 1.35 bits per heavy atom. The van der Waals surface area contributed by atoms with E-state index in [9.17, 15) is 14.9 Å². The first-order valence-electron chi connectivity index (χ1n) is 5.45. The molecule has 0 spiro atoms. The van der Waals surface area contributed by atoms with Crippen molar-refractivity contribution >= 4 is 23.4 Å². The summed E-state index contributed by atoms with van der Waals surface area (Å²) in [7, 11) is 0. The molecule has 0 aliphatic rings. The van der Waals surface area contributed by atoms with Crippen molar-refractivity contribution in [1.82, 2.24) is 9.97 Å². The molecule has 0 aliphatic heterocycles. The third kappa shape index (κ3) is 3.09. The number of aryl methyl sites for hydroxylation is 1. The zero-order valence-corrected chi connectivity index (χ0v) is 11.1. The third-order valence-electron chi connectivity index (χ3n) is 2.36. The van der Waals surface area contributed by atoms with E-state index in [2.05, 4.69) is 9.97 Å². The van der Waals surface area contributed by atoms with Gasteiger partial charge in [0.05, 0.1) is 4.92 Å². The van der Waals surface area contributed by atoms with Crippen LogP contribution in [0, 0.1) is 17.0 Å². The summed E-state index contributed by atoms with van der Waals surface area (Å²) in [6.07, 6.45) is 3.27. The van der Waals surface area contributed by atoms with E-state index >= 15 is 0 Å². The maximum Gasteiger partial charge on any atom is 0.342 e. The summed E-state index contributed by atoms with van der Waals surface area (Å²) < 4.78 is 0. The van der Waals surface area contributed by atoms with Gasteiger partial charge in [0.2, 0.25) is 0 Å². The Morgan fingerprint density at radius 2 is 2.00 bits per heavy atom. The minimum Gasteiger partial charge on any atom is -0.477 e. The highest BCUT2D eigenvalue weighted by molar-refractivity contribution is 7.99. The molecule has 0 fully saturated rings. The van der Waals surface area contributed by atoms with Crippen molar-refractivity contribution in [3.63, 3.8) is 0 Å². The summed E-state index contributed by atoms with van der Waals surface area (Å²) >= 11 is 1.13. The molecule has 2 rings (SSSR count). The molecular formula is C12H9N3O4S. The first kappa shape index (κ1) is 13.9. The molecule has 8 heteroatoms. The van der Waals surface area contributed by atoms with Gasteiger partial charge in [-0.3, -0.25) is 10.1 Å². The lowest BCUT2D eigenvalue weighted by atomic mass is 10.2. The summed E-state index contributed by atoms with van der Waals surface area (Å²) in [5.74, 6) is -1.33. The van der Waals surface area contributed by atoms with E-state index in [-0.39, 0.29) is 5.56 Å². The summed E-state index contributed by atoms with van der Waals surface area (Å²) in [5.41, 5.74) is 0.111. The second-order valence-corrected chi connectivity index (χ2v) is 4.93. The minimum absolute atomic E-state index is 0.343. The summed E-state index contributed by atoms with van der Waals surface area (Å²) in [6.45, 7) is 1.85. The molecule has 7 nitrogen and oxygen atoms in total. The van der Waals surface area contributed by atoms with E-state index in [0.29, 0.717) is 10.1 Å². The van der Waals surface area contributed by atoms with Crippen molar-refractivity contribution in [3.05, 3.63) is 51.8 Å². The Morgan fingerprint density at radius 3 is 2.55 bits per heavy atom. The Kier molecular flexibility index (Phi) is 3.94. The normalized spacial score (nSPS) is 10.2. The van der Waals surface area contributed by atoms with Crippen molar-refractivity contribution < 1.29 is 14.8 Å². The fraction of sp³-hybridized carbons (Fsp3) is 0.0833. The molecule has 2 aromatic rings. The predicted octanol–water partition coefficient (Wildman–Crippen LogP) is 2.54. The first-order chi connectivity index (χ1) is 9.47. The molecule has 0 amide bonds. The molecule has 0 aliphatic carbocycles. The highest BCUT2D eigenvalue weighted by Crippen LogP contribution is 2.29. The van der Waals surface area contributed by atoms with Gasteiger partial charge in [0.25, 0.3) is 5.69 Å². The number of aromatic nitrogens is 2. The van der Waals surface area contributed by atoms with Gasteiger partial charge in [0.1, 0.15) is 5.56 Å². The monoisotopic (exact) mass is 291 g/mol. The molecule has 0 unspecified atom stereocenters. The highest BCUT2D eigenvalue weighted by atomic mass is 32.2. The molecule has 0 saturated carbocycles. The van der Waals surface area contributed by atoms with Gasteiger partial charge in [-0.2, -0.15) is 0 Å². The number of carboxylic acid groups (broad SMARTS) is 1. The molecule has 20 heavy (non-hydrogen) atoms. The second kappa shape index (κ2) is 5.66. The molecule has 1 N–H and O–H groups in total. The predicted molar refractivity (Wildman–Crippen MR) is 70.9 cm³/mol. The number of carbonyl (C=O) groups is 1. The summed E-state index contributed by atoms with van der Waals surface area (Å²) in [4.78, 5) is 29.7. The van der Waals surface area contributed by atoms with Crippen LogP contribution in [0.3, 0.4) is 0 Å². The third-order valence-corrected chi connectivity index (χ3v) is 3.25. The van der Waals surface area contributed by atoms with E-state index in [4.69, 9.17) is 5.11 Å². The van der Waals surface area contributed by atoms with Crippen molar-refractivity contribution in [3.8, 4) is 0 Å². The SMILES string of the molecule is Cc1cnc(Sc2ccc(C(=O)O)c([N+](=O)[O-])c2)nc1. The van der Waals surface area contributed by atoms with Gasteiger partial charge in [-0.15, -0.1) is 0 Å². The van der Waals surface area contributed by atoms with Gasteiger partial charge in [-0.25, -0.2) is 14.8 Å². The minimum atomic E-state index is -1.33. The lowest BCUT2D eigenvalue weighted by molar-refractivity contribution is -0.385. The molecule has 1 aromatic carbocycles. The maximum atomic E-state index is 10.9. The van der Waals surface area contributed by atoms with Crippen LogP contribution in [-0.4, -0.2) is 26.0 Å². The number of rotatable bonds is 4. The zero-order valence-electron chi connectivity index (χ0n) is 10.3. The molecule has 0 bridgehead atoms. The fourth-order valence-corrected chi connectivity index (χ4v) is 2.17. The maximum absolute atomic E-state index is 10.9. The quantitative estimate of drug-likeness (QED) is 0.524. The Labute approximate surface area is 117 Å².